The summed E-state index contributed by atoms with van der Waals surface area (Å²) < 4.78 is 4.84. The maximum Gasteiger partial charge on any atom is 0.338 e. The number of hydrogen-bond donors (Lipinski definition) is 2. The van der Waals surface area contributed by atoms with Gasteiger partial charge in [0.1, 0.15) is 0 Å². The molecule has 0 aliphatic carbocycles. The summed E-state index contributed by atoms with van der Waals surface area (Å²) >= 11 is 0. The summed E-state index contributed by atoms with van der Waals surface area (Å²) in [5.41, 5.74) is 6.20. The Bertz CT molecular complexity index is 387. The number of ether oxygens (including phenoxy) is 1. The number of esters is 1. The summed E-state index contributed by atoms with van der Waals surface area (Å²) in [5, 5.41) is 2.64. The minimum absolute atomic E-state index is 0.203. The Labute approximate surface area is 99.9 Å². The fourth-order valence-corrected chi connectivity index (χ4v) is 1.26. The van der Waals surface area contributed by atoms with E-state index < -0.39 is 0 Å². The minimum atomic E-state index is -0.388. The summed E-state index contributed by atoms with van der Waals surface area (Å²) in [5.74, 6) is -0.590. The van der Waals surface area contributed by atoms with Gasteiger partial charge in [0.05, 0.1) is 12.2 Å². The fraction of sp³-hybridized carbons (Fsp3) is 0.333. The van der Waals surface area contributed by atoms with Crippen LogP contribution in [0, 0.1) is 0 Å². The van der Waals surface area contributed by atoms with E-state index in [2.05, 4.69) is 5.32 Å². The molecule has 92 valence electrons. The maximum atomic E-state index is 11.5. The third-order valence-electron chi connectivity index (χ3n) is 2.09. The number of nitrogens with two attached hydrogens (primary N) is 1. The van der Waals surface area contributed by atoms with Crippen LogP contribution in [0.5, 0.6) is 0 Å². The van der Waals surface area contributed by atoms with Gasteiger partial charge in [0.2, 0.25) is 0 Å². The number of carbonyl (C=O) groups excluding carboxylic acids is 2. The molecule has 0 saturated heterocycles. The second-order valence-electron chi connectivity index (χ2n) is 3.34. The molecular weight excluding hydrogens is 220 g/mol. The highest BCUT2D eigenvalue weighted by Gasteiger charge is 2.08. The van der Waals surface area contributed by atoms with Crippen LogP contribution in [0.3, 0.4) is 0 Å². The summed E-state index contributed by atoms with van der Waals surface area (Å²) in [7, 11) is 0. The highest BCUT2D eigenvalue weighted by atomic mass is 16.5. The molecule has 0 radical (unpaired) electrons. The van der Waals surface area contributed by atoms with Gasteiger partial charge in [-0.2, -0.15) is 0 Å². The van der Waals surface area contributed by atoms with Crippen molar-refractivity contribution in [1.29, 1.82) is 0 Å². The van der Waals surface area contributed by atoms with E-state index in [9.17, 15) is 9.59 Å². The van der Waals surface area contributed by atoms with E-state index in [4.69, 9.17) is 10.5 Å². The number of hydrogen-bond acceptors (Lipinski definition) is 4. The monoisotopic (exact) mass is 236 g/mol. The molecule has 3 N–H and O–H groups in total. The first-order valence-corrected chi connectivity index (χ1v) is 5.44. The van der Waals surface area contributed by atoms with Crippen molar-refractivity contribution in [3.63, 3.8) is 0 Å². The summed E-state index contributed by atoms with van der Waals surface area (Å²) in [6.07, 6.45) is 0. The Morgan fingerprint density at radius 2 is 1.82 bits per heavy atom. The number of carbonyl (C=O) groups is 2. The Kier molecular flexibility index (Phi) is 5.16. The van der Waals surface area contributed by atoms with Gasteiger partial charge in [-0.25, -0.2) is 4.79 Å². The average Bonchev–Trinajstić information content (AvgIpc) is 2.36. The van der Waals surface area contributed by atoms with Crippen LogP contribution in [0.15, 0.2) is 24.3 Å². The first-order valence-electron chi connectivity index (χ1n) is 5.44. The van der Waals surface area contributed by atoms with Crippen molar-refractivity contribution >= 4 is 11.9 Å². The van der Waals surface area contributed by atoms with Gasteiger partial charge in [-0.05, 0) is 31.2 Å². The molecule has 0 aromatic heterocycles. The van der Waals surface area contributed by atoms with E-state index in [1.54, 1.807) is 31.2 Å². The molecule has 0 aliphatic heterocycles. The van der Waals surface area contributed by atoms with Crippen molar-refractivity contribution in [2.24, 2.45) is 5.73 Å². The SMILES string of the molecule is CCOC(=O)c1ccc(C(=O)NCCN)cc1. The Morgan fingerprint density at radius 3 is 2.35 bits per heavy atom. The van der Waals surface area contributed by atoms with Crippen molar-refractivity contribution in [1.82, 2.24) is 5.32 Å². The molecule has 0 fully saturated rings. The van der Waals surface area contributed by atoms with Gasteiger partial charge < -0.3 is 15.8 Å². The Morgan fingerprint density at radius 1 is 1.24 bits per heavy atom. The number of rotatable bonds is 5. The van der Waals surface area contributed by atoms with Crippen molar-refractivity contribution in [3.05, 3.63) is 35.4 Å². The molecule has 17 heavy (non-hydrogen) atoms. The van der Waals surface area contributed by atoms with Crippen LogP contribution in [-0.4, -0.2) is 31.6 Å². The van der Waals surface area contributed by atoms with E-state index in [0.717, 1.165) is 0 Å². The van der Waals surface area contributed by atoms with Crippen LogP contribution in [0.2, 0.25) is 0 Å². The maximum absolute atomic E-state index is 11.5. The molecule has 1 aromatic carbocycles. The number of nitrogens with one attached hydrogen (secondary N) is 1. The largest absolute Gasteiger partial charge is 0.462 e. The predicted octanol–water partition coefficient (Wildman–Crippen LogP) is 0.552. The lowest BCUT2D eigenvalue weighted by Crippen LogP contribution is -2.28. The van der Waals surface area contributed by atoms with Crippen LogP contribution in [0.1, 0.15) is 27.6 Å². The van der Waals surface area contributed by atoms with Gasteiger partial charge in [-0.15, -0.1) is 0 Å². The van der Waals surface area contributed by atoms with E-state index in [1.165, 1.54) is 0 Å². The first-order chi connectivity index (χ1) is 8.19. The van der Waals surface area contributed by atoms with Crippen LogP contribution < -0.4 is 11.1 Å². The molecule has 5 nitrogen and oxygen atoms in total. The second kappa shape index (κ2) is 6.65. The first kappa shape index (κ1) is 13.2. The predicted molar refractivity (Wildman–Crippen MR) is 63.8 cm³/mol. The van der Waals surface area contributed by atoms with Crippen LogP contribution in [0.25, 0.3) is 0 Å². The molecule has 0 aliphatic rings. The molecule has 0 unspecified atom stereocenters. The van der Waals surface area contributed by atoms with Crippen LogP contribution >= 0.6 is 0 Å². The smallest absolute Gasteiger partial charge is 0.338 e. The zero-order valence-corrected chi connectivity index (χ0v) is 9.73. The third-order valence-corrected chi connectivity index (χ3v) is 2.09. The quantitative estimate of drug-likeness (QED) is 0.731. The molecule has 5 heteroatoms. The summed E-state index contributed by atoms with van der Waals surface area (Å²) in [6, 6.07) is 6.29. The molecule has 0 saturated carbocycles. The number of amides is 1. The molecule has 0 bridgehead atoms. The van der Waals surface area contributed by atoms with Gasteiger partial charge in [0.25, 0.3) is 5.91 Å². The standard InChI is InChI=1S/C12H16N2O3/c1-2-17-12(16)10-5-3-9(4-6-10)11(15)14-8-7-13/h3-6H,2,7-8,13H2,1H3,(H,14,15). The van der Waals surface area contributed by atoms with Gasteiger partial charge in [0.15, 0.2) is 0 Å². The van der Waals surface area contributed by atoms with Crippen molar-refractivity contribution in [2.45, 2.75) is 6.92 Å². The normalized spacial score (nSPS) is 9.76. The van der Waals surface area contributed by atoms with E-state index in [-0.39, 0.29) is 11.9 Å². The fourth-order valence-electron chi connectivity index (χ4n) is 1.26. The highest BCUT2D eigenvalue weighted by Crippen LogP contribution is 2.06. The molecule has 1 rings (SSSR count). The zero-order chi connectivity index (χ0) is 12.7. The summed E-state index contributed by atoms with van der Waals surface area (Å²) in [4.78, 5) is 22.9. The van der Waals surface area contributed by atoms with E-state index >= 15 is 0 Å². The Hall–Kier alpha value is -1.88. The van der Waals surface area contributed by atoms with Gasteiger partial charge in [0, 0.05) is 18.7 Å². The zero-order valence-electron chi connectivity index (χ0n) is 9.73. The van der Waals surface area contributed by atoms with Crippen LogP contribution in [-0.2, 0) is 4.74 Å². The Balaban J connectivity index is 2.67. The molecule has 1 amide bonds. The number of benzene rings is 1. The molecule has 0 heterocycles. The van der Waals surface area contributed by atoms with E-state index in [0.29, 0.717) is 30.8 Å². The molecule has 1 aromatic rings. The highest BCUT2D eigenvalue weighted by molar-refractivity contribution is 5.96. The molecular formula is C12H16N2O3. The van der Waals surface area contributed by atoms with E-state index in [1.807, 2.05) is 0 Å². The molecule has 0 atom stereocenters. The molecule has 0 spiro atoms. The van der Waals surface area contributed by atoms with Gasteiger partial charge in [-0.1, -0.05) is 0 Å². The van der Waals surface area contributed by atoms with Crippen molar-refractivity contribution in [3.8, 4) is 0 Å². The van der Waals surface area contributed by atoms with Gasteiger partial charge >= 0.3 is 5.97 Å². The van der Waals surface area contributed by atoms with Crippen molar-refractivity contribution < 1.29 is 14.3 Å². The second-order valence-corrected chi connectivity index (χ2v) is 3.34. The van der Waals surface area contributed by atoms with Crippen LogP contribution in [0.4, 0.5) is 0 Å². The minimum Gasteiger partial charge on any atom is -0.462 e. The lowest BCUT2D eigenvalue weighted by Gasteiger charge is -2.05. The lowest BCUT2D eigenvalue weighted by molar-refractivity contribution is 0.0526. The topological polar surface area (TPSA) is 81.4 Å². The average molecular weight is 236 g/mol. The third kappa shape index (κ3) is 3.88. The summed E-state index contributed by atoms with van der Waals surface area (Å²) in [6.45, 7) is 2.90. The lowest BCUT2D eigenvalue weighted by atomic mass is 10.1. The van der Waals surface area contributed by atoms with Crippen molar-refractivity contribution in [2.75, 3.05) is 19.7 Å². The van der Waals surface area contributed by atoms with Gasteiger partial charge in [-0.3, -0.25) is 4.79 Å².